The number of amides is 2. The molecule has 0 aliphatic rings. The fourth-order valence-corrected chi connectivity index (χ4v) is 3.08. The lowest BCUT2D eigenvalue weighted by molar-refractivity contribution is -0.120. The van der Waals surface area contributed by atoms with E-state index in [-0.39, 0.29) is 17.5 Å². The Balaban J connectivity index is 1.99. The highest BCUT2D eigenvalue weighted by atomic mass is 32.1. The minimum absolute atomic E-state index is 0.00746. The van der Waals surface area contributed by atoms with Gasteiger partial charge in [-0.25, -0.2) is 8.78 Å². The summed E-state index contributed by atoms with van der Waals surface area (Å²) in [6.07, 6.45) is -2.75. The molecule has 0 aliphatic carbocycles. The zero-order valence-electron chi connectivity index (χ0n) is 11.4. The van der Waals surface area contributed by atoms with Gasteiger partial charge >= 0.3 is 0 Å². The Morgan fingerprint density at radius 1 is 1.36 bits per heavy atom. The zero-order valence-corrected chi connectivity index (χ0v) is 13.0. The SMILES string of the molecule is CC(=O)NC(CC(=O)Nc1nnc(C(F)F)s1)c1cccs1. The van der Waals surface area contributed by atoms with Gasteiger partial charge in [-0.2, -0.15) is 0 Å². The third kappa shape index (κ3) is 4.53. The number of hydrogen-bond donors (Lipinski definition) is 2. The largest absolute Gasteiger partial charge is 0.348 e. The first kappa shape index (κ1) is 16.4. The number of alkyl halides is 2. The molecule has 0 bridgehead atoms. The topological polar surface area (TPSA) is 84.0 Å². The molecular formula is C12H12F2N4O2S2. The average Bonchev–Trinajstić information content (AvgIpc) is 3.08. The van der Waals surface area contributed by atoms with Crippen molar-refractivity contribution in [3.8, 4) is 0 Å². The van der Waals surface area contributed by atoms with Crippen LogP contribution < -0.4 is 10.6 Å². The monoisotopic (exact) mass is 346 g/mol. The molecule has 2 heterocycles. The maximum atomic E-state index is 12.4. The first-order valence-electron chi connectivity index (χ1n) is 6.17. The van der Waals surface area contributed by atoms with Crippen LogP contribution in [0.1, 0.15) is 35.7 Å². The van der Waals surface area contributed by atoms with Crippen molar-refractivity contribution in [1.82, 2.24) is 15.5 Å². The van der Waals surface area contributed by atoms with Crippen molar-refractivity contribution >= 4 is 39.6 Å². The average molecular weight is 346 g/mol. The van der Waals surface area contributed by atoms with Crippen LogP contribution in [0.4, 0.5) is 13.9 Å². The van der Waals surface area contributed by atoms with Crippen molar-refractivity contribution in [3.63, 3.8) is 0 Å². The van der Waals surface area contributed by atoms with E-state index in [4.69, 9.17) is 0 Å². The van der Waals surface area contributed by atoms with E-state index in [2.05, 4.69) is 20.8 Å². The van der Waals surface area contributed by atoms with Crippen LogP contribution in [0, 0.1) is 0 Å². The minimum Gasteiger partial charge on any atom is -0.348 e. The second kappa shape index (κ2) is 7.36. The van der Waals surface area contributed by atoms with Crippen LogP contribution in [0.3, 0.4) is 0 Å². The number of nitrogens with zero attached hydrogens (tertiary/aromatic N) is 2. The van der Waals surface area contributed by atoms with Crippen molar-refractivity contribution in [2.75, 3.05) is 5.32 Å². The van der Waals surface area contributed by atoms with Gasteiger partial charge in [0.05, 0.1) is 12.5 Å². The molecule has 2 aromatic rings. The summed E-state index contributed by atoms with van der Waals surface area (Å²) in [5.41, 5.74) is 0. The number of carbonyl (C=O) groups is 2. The molecule has 22 heavy (non-hydrogen) atoms. The second-order valence-corrected chi connectivity index (χ2v) is 6.26. The molecule has 0 spiro atoms. The third-order valence-electron chi connectivity index (χ3n) is 2.53. The number of aromatic nitrogens is 2. The van der Waals surface area contributed by atoms with E-state index in [0.717, 1.165) is 4.88 Å². The van der Waals surface area contributed by atoms with E-state index >= 15 is 0 Å². The van der Waals surface area contributed by atoms with Crippen LogP contribution >= 0.6 is 22.7 Å². The summed E-state index contributed by atoms with van der Waals surface area (Å²) in [7, 11) is 0. The molecule has 0 saturated heterocycles. The van der Waals surface area contributed by atoms with Crippen LogP contribution in [-0.4, -0.2) is 22.0 Å². The number of rotatable bonds is 6. The number of thiophene rings is 1. The van der Waals surface area contributed by atoms with Crippen molar-refractivity contribution < 1.29 is 18.4 Å². The smallest absolute Gasteiger partial charge is 0.291 e. The summed E-state index contributed by atoms with van der Waals surface area (Å²) < 4.78 is 24.8. The third-order valence-corrected chi connectivity index (χ3v) is 4.36. The molecule has 1 atom stereocenters. The van der Waals surface area contributed by atoms with E-state index in [9.17, 15) is 18.4 Å². The molecule has 2 rings (SSSR count). The molecule has 0 saturated carbocycles. The predicted molar refractivity (Wildman–Crippen MR) is 79.0 cm³/mol. The van der Waals surface area contributed by atoms with E-state index in [0.29, 0.717) is 11.3 Å². The second-order valence-electron chi connectivity index (χ2n) is 4.27. The molecule has 2 N–H and O–H groups in total. The zero-order chi connectivity index (χ0) is 16.1. The number of nitrogens with one attached hydrogen (secondary N) is 2. The quantitative estimate of drug-likeness (QED) is 0.842. The molecule has 1 unspecified atom stereocenters. The lowest BCUT2D eigenvalue weighted by Crippen LogP contribution is -2.29. The molecular weight excluding hydrogens is 334 g/mol. The first-order valence-corrected chi connectivity index (χ1v) is 7.87. The van der Waals surface area contributed by atoms with E-state index in [1.165, 1.54) is 18.3 Å². The summed E-state index contributed by atoms with van der Waals surface area (Å²) in [5, 5.41) is 13.2. The van der Waals surface area contributed by atoms with Crippen LogP contribution in [0.25, 0.3) is 0 Å². The molecule has 10 heteroatoms. The number of anilines is 1. The van der Waals surface area contributed by atoms with Crippen molar-refractivity contribution in [2.24, 2.45) is 0 Å². The van der Waals surface area contributed by atoms with E-state index in [1.807, 2.05) is 11.4 Å². The Hall–Kier alpha value is -1.94. The van der Waals surface area contributed by atoms with E-state index < -0.39 is 23.4 Å². The summed E-state index contributed by atoms with van der Waals surface area (Å²) in [6.45, 7) is 1.36. The fraction of sp³-hybridized carbons (Fsp3) is 0.333. The summed E-state index contributed by atoms with van der Waals surface area (Å²) in [5.74, 6) is -0.703. The molecule has 0 radical (unpaired) electrons. The Morgan fingerprint density at radius 3 is 2.68 bits per heavy atom. The number of halogens is 2. The van der Waals surface area contributed by atoms with Crippen LogP contribution in [-0.2, 0) is 9.59 Å². The van der Waals surface area contributed by atoms with E-state index in [1.54, 1.807) is 6.07 Å². The highest BCUT2D eigenvalue weighted by Crippen LogP contribution is 2.26. The van der Waals surface area contributed by atoms with Gasteiger partial charge in [0.15, 0.2) is 5.01 Å². The number of hydrogen-bond acceptors (Lipinski definition) is 6. The van der Waals surface area contributed by atoms with Crippen molar-refractivity contribution in [1.29, 1.82) is 0 Å². The molecule has 6 nitrogen and oxygen atoms in total. The molecule has 0 fully saturated rings. The number of carbonyl (C=O) groups excluding carboxylic acids is 2. The van der Waals surface area contributed by atoms with Gasteiger partial charge in [-0.05, 0) is 11.4 Å². The van der Waals surface area contributed by atoms with Gasteiger partial charge < -0.3 is 10.6 Å². The Bertz CT molecular complexity index is 645. The molecule has 2 aromatic heterocycles. The molecule has 118 valence electrons. The summed E-state index contributed by atoms with van der Waals surface area (Å²) in [4.78, 5) is 24.0. The highest BCUT2D eigenvalue weighted by molar-refractivity contribution is 7.15. The maximum absolute atomic E-state index is 12.4. The highest BCUT2D eigenvalue weighted by Gasteiger charge is 2.20. The van der Waals surface area contributed by atoms with Crippen LogP contribution in [0.15, 0.2) is 17.5 Å². The Morgan fingerprint density at radius 2 is 2.14 bits per heavy atom. The van der Waals surface area contributed by atoms with Crippen LogP contribution in [0.2, 0.25) is 0 Å². The maximum Gasteiger partial charge on any atom is 0.291 e. The predicted octanol–water partition coefficient (Wildman–Crippen LogP) is 2.74. The Labute approximate surface area is 132 Å². The Kier molecular flexibility index (Phi) is 5.50. The summed E-state index contributed by atoms with van der Waals surface area (Å²) >= 11 is 2.03. The van der Waals surface area contributed by atoms with Gasteiger partial charge in [0.2, 0.25) is 16.9 Å². The van der Waals surface area contributed by atoms with Gasteiger partial charge in [0, 0.05) is 11.8 Å². The fourth-order valence-electron chi connectivity index (χ4n) is 1.69. The standard InChI is InChI=1S/C12H12F2N4O2S2/c1-6(19)15-7(8-3-2-4-21-8)5-9(20)16-12-18-17-11(22-12)10(13)14/h2-4,7,10H,5H2,1H3,(H,15,19)(H,16,18,20). The van der Waals surface area contributed by atoms with Crippen molar-refractivity contribution in [2.45, 2.75) is 25.8 Å². The summed E-state index contributed by atoms with van der Waals surface area (Å²) in [6, 6.07) is 3.14. The normalized spacial score (nSPS) is 12.2. The molecule has 2 amide bonds. The first-order chi connectivity index (χ1) is 10.5. The van der Waals surface area contributed by atoms with Gasteiger partial charge in [-0.15, -0.1) is 21.5 Å². The van der Waals surface area contributed by atoms with Gasteiger partial charge in [-0.1, -0.05) is 17.4 Å². The minimum atomic E-state index is -2.72. The lowest BCUT2D eigenvalue weighted by Gasteiger charge is -2.15. The molecule has 0 aliphatic heterocycles. The van der Waals surface area contributed by atoms with Gasteiger partial charge in [0.1, 0.15) is 0 Å². The van der Waals surface area contributed by atoms with Crippen molar-refractivity contribution in [3.05, 3.63) is 27.4 Å². The molecule has 0 aromatic carbocycles. The van der Waals surface area contributed by atoms with Gasteiger partial charge in [0.25, 0.3) is 6.43 Å². The van der Waals surface area contributed by atoms with Crippen LogP contribution in [0.5, 0.6) is 0 Å². The lowest BCUT2D eigenvalue weighted by atomic mass is 10.1. The van der Waals surface area contributed by atoms with Gasteiger partial charge in [-0.3, -0.25) is 9.59 Å².